The SMILES string of the molecule is CC(C)NC(=O)Nc1ccc(Cl)c(C(=O)c2ncc(Cl)cc2NS(=O)(=O)c2ccc(Cl)c(C(F)(F)F)c2)c1. The molecule has 1 heterocycles. The van der Waals surface area contributed by atoms with E-state index in [4.69, 9.17) is 34.8 Å². The van der Waals surface area contributed by atoms with Gasteiger partial charge in [0.1, 0.15) is 5.69 Å². The molecule has 3 rings (SSSR count). The van der Waals surface area contributed by atoms with Gasteiger partial charge in [0.25, 0.3) is 10.0 Å². The fraction of sp³-hybridized carbons (Fsp3) is 0.174. The summed E-state index contributed by atoms with van der Waals surface area (Å²) in [6.07, 6.45) is -3.84. The minimum absolute atomic E-state index is 0.0390. The maximum Gasteiger partial charge on any atom is 0.417 e. The molecule has 0 aliphatic heterocycles. The Bertz CT molecular complexity index is 1520. The van der Waals surface area contributed by atoms with Crippen LogP contribution in [0, 0.1) is 0 Å². The van der Waals surface area contributed by atoms with Crippen LogP contribution >= 0.6 is 34.8 Å². The van der Waals surface area contributed by atoms with Gasteiger partial charge in [-0.05, 0) is 56.3 Å². The third-order valence-electron chi connectivity index (χ3n) is 4.76. The molecule has 0 aliphatic carbocycles. The van der Waals surface area contributed by atoms with Crippen LogP contribution in [0.2, 0.25) is 15.1 Å². The molecule has 0 unspecified atom stereocenters. The van der Waals surface area contributed by atoms with Crippen LogP contribution in [0.25, 0.3) is 0 Å². The van der Waals surface area contributed by atoms with Crippen LogP contribution in [0.4, 0.5) is 29.3 Å². The van der Waals surface area contributed by atoms with Gasteiger partial charge in [-0.1, -0.05) is 34.8 Å². The lowest BCUT2D eigenvalue weighted by Gasteiger charge is -2.15. The van der Waals surface area contributed by atoms with Gasteiger partial charge in [-0.25, -0.2) is 18.2 Å². The van der Waals surface area contributed by atoms with Crippen molar-refractivity contribution in [3.63, 3.8) is 0 Å². The highest BCUT2D eigenvalue weighted by atomic mass is 35.5. The second-order valence-electron chi connectivity index (χ2n) is 8.07. The Morgan fingerprint density at radius 3 is 2.26 bits per heavy atom. The number of carbonyl (C=O) groups excluding carboxylic acids is 2. The van der Waals surface area contributed by atoms with Crippen molar-refractivity contribution >= 4 is 68.0 Å². The Balaban J connectivity index is 2.00. The zero-order valence-corrected chi connectivity index (χ0v) is 22.5. The highest BCUT2D eigenvalue weighted by Gasteiger charge is 2.35. The molecule has 3 N–H and O–H groups in total. The molecular formula is C23H18Cl3F3N4O4S. The van der Waals surface area contributed by atoms with Gasteiger partial charge < -0.3 is 10.6 Å². The van der Waals surface area contributed by atoms with E-state index in [1.807, 2.05) is 0 Å². The Hall–Kier alpha value is -3.06. The van der Waals surface area contributed by atoms with Gasteiger partial charge in [-0.2, -0.15) is 13.2 Å². The zero-order valence-electron chi connectivity index (χ0n) is 19.5. The summed E-state index contributed by atoms with van der Waals surface area (Å²) in [5.41, 5.74) is -2.17. The quantitative estimate of drug-likeness (QED) is 0.260. The van der Waals surface area contributed by atoms with Crippen molar-refractivity contribution in [1.82, 2.24) is 10.3 Å². The number of anilines is 2. The zero-order chi connectivity index (χ0) is 28.4. The van der Waals surface area contributed by atoms with Gasteiger partial charge in [0, 0.05) is 23.5 Å². The molecule has 0 aliphatic rings. The average molecular weight is 610 g/mol. The van der Waals surface area contributed by atoms with E-state index in [2.05, 4.69) is 20.3 Å². The topological polar surface area (TPSA) is 117 Å². The molecule has 8 nitrogen and oxygen atoms in total. The van der Waals surface area contributed by atoms with E-state index in [0.29, 0.717) is 6.07 Å². The molecule has 0 saturated heterocycles. The normalized spacial score (nSPS) is 11.8. The van der Waals surface area contributed by atoms with Crippen molar-refractivity contribution in [3.8, 4) is 0 Å². The first kappa shape index (κ1) is 29.5. The number of nitrogens with zero attached hydrogens (tertiary/aromatic N) is 1. The monoisotopic (exact) mass is 608 g/mol. The van der Waals surface area contributed by atoms with Crippen molar-refractivity contribution in [2.24, 2.45) is 0 Å². The summed E-state index contributed by atoms with van der Waals surface area (Å²) in [7, 11) is -4.67. The number of carbonyl (C=O) groups is 2. The molecule has 38 heavy (non-hydrogen) atoms. The number of urea groups is 1. The second kappa shape index (κ2) is 11.4. The molecular weight excluding hydrogens is 592 g/mol. The lowest BCUT2D eigenvalue weighted by atomic mass is 10.1. The van der Waals surface area contributed by atoms with Crippen molar-refractivity contribution in [1.29, 1.82) is 0 Å². The smallest absolute Gasteiger partial charge is 0.336 e. The number of amides is 2. The van der Waals surface area contributed by atoms with Crippen LogP contribution in [-0.2, 0) is 16.2 Å². The maximum atomic E-state index is 13.3. The molecule has 0 radical (unpaired) electrons. The number of halogens is 6. The minimum atomic E-state index is -4.91. The molecule has 15 heteroatoms. The largest absolute Gasteiger partial charge is 0.417 e. The van der Waals surface area contributed by atoms with E-state index in [0.717, 1.165) is 24.4 Å². The number of hydrogen-bond acceptors (Lipinski definition) is 5. The highest BCUT2D eigenvalue weighted by molar-refractivity contribution is 7.92. The van der Waals surface area contributed by atoms with E-state index in [9.17, 15) is 31.2 Å². The fourth-order valence-electron chi connectivity index (χ4n) is 3.12. The summed E-state index contributed by atoms with van der Waals surface area (Å²) in [5, 5.41) is 4.34. The fourth-order valence-corrected chi connectivity index (χ4v) is 4.79. The van der Waals surface area contributed by atoms with Crippen LogP contribution in [0.5, 0.6) is 0 Å². The second-order valence-corrected chi connectivity index (χ2v) is 11.0. The molecule has 202 valence electrons. The Morgan fingerprint density at radius 1 is 0.974 bits per heavy atom. The van der Waals surface area contributed by atoms with Crippen molar-refractivity contribution in [3.05, 3.63) is 80.6 Å². The van der Waals surface area contributed by atoms with E-state index in [1.54, 1.807) is 13.8 Å². The van der Waals surface area contributed by atoms with Crippen LogP contribution in [-0.4, -0.2) is 31.3 Å². The summed E-state index contributed by atoms with van der Waals surface area (Å²) in [4.78, 5) is 28.5. The summed E-state index contributed by atoms with van der Waals surface area (Å²) < 4.78 is 67.7. The number of alkyl halides is 3. The average Bonchev–Trinajstić information content (AvgIpc) is 2.78. The van der Waals surface area contributed by atoms with Gasteiger partial charge in [-0.3, -0.25) is 9.52 Å². The van der Waals surface area contributed by atoms with E-state index in [1.165, 1.54) is 18.2 Å². The number of pyridine rings is 1. The number of nitrogens with one attached hydrogen (secondary N) is 3. The van der Waals surface area contributed by atoms with E-state index >= 15 is 0 Å². The van der Waals surface area contributed by atoms with Gasteiger partial charge in [0.15, 0.2) is 0 Å². The number of rotatable bonds is 7. The van der Waals surface area contributed by atoms with E-state index in [-0.39, 0.29) is 27.3 Å². The van der Waals surface area contributed by atoms with Crippen LogP contribution in [0.1, 0.15) is 35.5 Å². The summed E-state index contributed by atoms with van der Waals surface area (Å²) in [5.74, 6) is -0.857. The van der Waals surface area contributed by atoms with Crippen LogP contribution in [0.3, 0.4) is 0 Å². The summed E-state index contributed by atoms with van der Waals surface area (Å²) in [6, 6.07) is 6.41. The first-order chi connectivity index (χ1) is 17.6. The summed E-state index contributed by atoms with van der Waals surface area (Å²) in [6.45, 7) is 3.50. The summed E-state index contributed by atoms with van der Waals surface area (Å²) >= 11 is 17.7. The minimum Gasteiger partial charge on any atom is -0.336 e. The molecule has 2 aromatic carbocycles. The van der Waals surface area contributed by atoms with Gasteiger partial charge in [-0.15, -0.1) is 0 Å². The molecule has 0 fully saturated rings. The molecule has 0 atom stereocenters. The van der Waals surface area contributed by atoms with E-state index < -0.39 is 54.9 Å². The number of ketones is 1. The highest BCUT2D eigenvalue weighted by Crippen LogP contribution is 2.36. The third kappa shape index (κ3) is 7.07. The standard InChI is InChI=1S/C23H18Cl3F3N4O4S/c1-11(2)31-22(35)32-13-3-5-17(25)15(8-13)21(34)20-19(7-12(24)10-30-20)33-38(36,37)14-4-6-18(26)16(9-14)23(27,28)29/h3-11,33H,1-2H3,(H2,31,32,35). The van der Waals surface area contributed by atoms with Crippen LogP contribution in [0.15, 0.2) is 53.6 Å². The van der Waals surface area contributed by atoms with Crippen molar-refractivity contribution in [2.45, 2.75) is 31.0 Å². The molecule has 0 bridgehead atoms. The lowest BCUT2D eigenvalue weighted by Crippen LogP contribution is -2.34. The lowest BCUT2D eigenvalue weighted by molar-refractivity contribution is -0.137. The van der Waals surface area contributed by atoms with Crippen molar-refractivity contribution < 1.29 is 31.2 Å². The molecule has 3 aromatic rings. The predicted molar refractivity (Wildman–Crippen MR) is 139 cm³/mol. The van der Waals surface area contributed by atoms with Crippen LogP contribution < -0.4 is 15.4 Å². The predicted octanol–water partition coefficient (Wildman–Crippen LogP) is 6.62. The third-order valence-corrected chi connectivity index (χ3v) is 6.98. The molecule has 2 amide bonds. The first-order valence-electron chi connectivity index (χ1n) is 10.6. The Labute approximate surface area is 230 Å². The molecule has 0 saturated carbocycles. The van der Waals surface area contributed by atoms with Gasteiger partial charge in [0.05, 0.1) is 31.2 Å². The first-order valence-corrected chi connectivity index (χ1v) is 13.2. The Morgan fingerprint density at radius 2 is 1.63 bits per heavy atom. The maximum absolute atomic E-state index is 13.3. The number of sulfonamides is 1. The van der Waals surface area contributed by atoms with Gasteiger partial charge in [0.2, 0.25) is 5.78 Å². The number of hydrogen-bond donors (Lipinski definition) is 3. The molecule has 1 aromatic heterocycles. The Kier molecular flexibility index (Phi) is 8.82. The number of benzene rings is 2. The van der Waals surface area contributed by atoms with Crippen molar-refractivity contribution in [2.75, 3.05) is 10.0 Å². The number of aromatic nitrogens is 1. The molecule has 0 spiro atoms. The van der Waals surface area contributed by atoms with Gasteiger partial charge >= 0.3 is 12.2 Å².